The summed E-state index contributed by atoms with van der Waals surface area (Å²) in [5.74, 6) is 0.867. The van der Waals surface area contributed by atoms with Crippen LogP contribution in [0.25, 0.3) is 11.1 Å². The molecule has 39 heavy (non-hydrogen) atoms. The van der Waals surface area contributed by atoms with Crippen molar-refractivity contribution in [1.82, 2.24) is 10.3 Å². The minimum absolute atomic E-state index is 0.101. The maximum atomic E-state index is 4.74. The van der Waals surface area contributed by atoms with Crippen molar-refractivity contribution in [3.8, 4) is 11.1 Å². The number of amidine groups is 1. The molecule has 3 rings (SSSR count). The summed E-state index contributed by atoms with van der Waals surface area (Å²) in [4.78, 5) is 2.31. The lowest BCUT2D eigenvalue weighted by atomic mass is 9.81. The standard InChI is InChI=1S/C36H45N3/c1-8-16-33(36(5,6)9-2)20-15-22-35(38-37-7)39(34-21-14-13-17-28(3)25-34)27-32-24-23-31(26-29(32)4)30-18-11-10-12-19-30/h8,10-13,15-26,37H,9,14,27H2,1-7H3/b16-8-,22-15+,33-20+,38-35-. The molecule has 2 aromatic rings. The van der Waals surface area contributed by atoms with Crippen LogP contribution in [0.1, 0.15) is 58.6 Å². The third-order valence-electron chi connectivity index (χ3n) is 7.34. The van der Waals surface area contributed by atoms with Gasteiger partial charge in [0.2, 0.25) is 0 Å². The maximum absolute atomic E-state index is 4.74. The number of hydrazone groups is 1. The highest BCUT2D eigenvalue weighted by Gasteiger charge is 2.19. The van der Waals surface area contributed by atoms with Crippen LogP contribution in [-0.4, -0.2) is 17.8 Å². The summed E-state index contributed by atoms with van der Waals surface area (Å²) >= 11 is 0. The molecule has 3 nitrogen and oxygen atoms in total. The fourth-order valence-corrected chi connectivity index (χ4v) is 4.56. The lowest BCUT2D eigenvalue weighted by Crippen LogP contribution is -2.30. The summed E-state index contributed by atoms with van der Waals surface area (Å²) in [6.07, 6.45) is 21.7. The molecule has 0 amide bonds. The van der Waals surface area contributed by atoms with Crippen molar-refractivity contribution >= 4 is 5.84 Å². The zero-order valence-electron chi connectivity index (χ0n) is 24.8. The van der Waals surface area contributed by atoms with Gasteiger partial charge in [-0.3, -0.25) is 0 Å². The van der Waals surface area contributed by atoms with Crippen LogP contribution in [0.5, 0.6) is 0 Å². The van der Waals surface area contributed by atoms with Crippen molar-refractivity contribution in [2.75, 3.05) is 7.05 Å². The molecule has 0 bridgehead atoms. The van der Waals surface area contributed by atoms with E-state index in [9.17, 15) is 0 Å². The highest BCUT2D eigenvalue weighted by molar-refractivity contribution is 5.94. The van der Waals surface area contributed by atoms with Crippen LogP contribution >= 0.6 is 0 Å². The number of allylic oxidation sites excluding steroid dienone is 10. The smallest absolute Gasteiger partial charge is 0.153 e. The second kappa shape index (κ2) is 14.3. The van der Waals surface area contributed by atoms with E-state index in [4.69, 9.17) is 5.10 Å². The first kappa shape index (κ1) is 29.7. The van der Waals surface area contributed by atoms with Crippen LogP contribution < -0.4 is 5.43 Å². The van der Waals surface area contributed by atoms with E-state index in [-0.39, 0.29) is 5.41 Å². The Labute approximate surface area is 236 Å². The molecule has 0 spiro atoms. The van der Waals surface area contributed by atoms with Crippen LogP contribution in [0.2, 0.25) is 0 Å². The number of hydrogen-bond acceptors (Lipinski definition) is 2. The second-order valence-electron chi connectivity index (χ2n) is 10.7. The molecule has 0 atom stereocenters. The Kier molecular flexibility index (Phi) is 10.9. The van der Waals surface area contributed by atoms with Gasteiger partial charge in [-0.25, -0.2) is 0 Å². The highest BCUT2D eigenvalue weighted by Crippen LogP contribution is 2.31. The third-order valence-corrected chi connectivity index (χ3v) is 7.34. The molecule has 0 heterocycles. The van der Waals surface area contributed by atoms with Gasteiger partial charge in [-0.1, -0.05) is 112 Å². The Morgan fingerprint density at radius 1 is 1.05 bits per heavy atom. The molecule has 0 aliphatic heterocycles. The fourth-order valence-electron chi connectivity index (χ4n) is 4.56. The number of nitrogens with one attached hydrogen (secondary N) is 1. The predicted molar refractivity (Wildman–Crippen MR) is 170 cm³/mol. The Balaban J connectivity index is 2.03. The zero-order chi connectivity index (χ0) is 28.3. The first-order chi connectivity index (χ1) is 18.8. The molecule has 1 N–H and O–H groups in total. The lowest BCUT2D eigenvalue weighted by Gasteiger charge is -2.27. The zero-order valence-corrected chi connectivity index (χ0v) is 24.8. The molecule has 3 heteroatoms. The number of aryl methyl sites for hydroxylation is 1. The van der Waals surface area contributed by atoms with Gasteiger partial charge in [-0.15, -0.1) is 0 Å². The van der Waals surface area contributed by atoms with E-state index < -0.39 is 0 Å². The second-order valence-corrected chi connectivity index (χ2v) is 10.7. The van der Waals surface area contributed by atoms with Crippen molar-refractivity contribution in [3.05, 3.63) is 131 Å². The summed E-state index contributed by atoms with van der Waals surface area (Å²) in [7, 11) is 1.86. The Morgan fingerprint density at radius 3 is 2.49 bits per heavy atom. The third kappa shape index (κ3) is 8.32. The van der Waals surface area contributed by atoms with E-state index >= 15 is 0 Å². The first-order valence-electron chi connectivity index (χ1n) is 14.0. The van der Waals surface area contributed by atoms with Crippen molar-refractivity contribution in [2.24, 2.45) is 10.5 Å². The first-order valence-corrected chi connectivity index (χ1v) is 14.0. The maximum Gasteiger partial charge on any atom is 0.153 e. The Morgan fingerprint density at radius 2 is 1.82 bits per heavy atom. The molecule has 204 valence electrons. The minimum Gasteiger partial charge on any atom is -0.321 e. The summed E-state index contributed by atoms with van der Waals surface area (Å²) in [5.41, 5.74) is 11.8. The molecule has 0 aromatic heterocycles. The number of hydrogen-bond donors (Lipinski definition) is 1. The van der Waals surface area contributed by atoms with Gasteiger partial charge in [0.15, 0.2) is 5.84 Å². The molecule has 0 fully saturated rings. The quantitative estimate of drug-likeness (QED) is 0.147. The van der Waals surface area contributed by atoms with E-state index in [0.717, 1.165) is 24.4 Å². The van der Waals surface area contributed by atoms with Gasteiger partial charge in [0.1, 0.15) is 0 Å². The van der Waals surface area contributed by atoms with Crippen LogP contribution in [0, 0.1) is 12.3 Å². The van der Waals surface area contributed by atoms with Crippen molar-refractivity contribution in [1.29, 1.82) is 0 Å². The van der Waals surface area contributed by atoms with E-state index in [1.165, 1.54) is 33.4 Å². The molecule has 0 saturated heterocycles. The van der Waals surface area contributed by atoms with Gasteiger partial charge >= 0.3 is 0 Å². The topological polar surface area (TPSA) is 27.6 Å². The van der Waals surface area contributed by atoms with E-state index in [1.54, 1.807) is 0 Å². The van der Waals surface area contributed by atoms with Crippen molar-refractivity contribution in [2.45, 2.75) is 60.9 Å². The van der Waals surface area contributed by atoms with Crippen LogP contribution in [-0.2, 0) is 6.54 Å². The molecule has 0 saturated carbocycles. The van der Waals surface area contributed by atoms with Gasteiger partial charge in [-0.05, 0) is 84.6 Å². The van der Waals surface area contributed by atoms with E-state index in [0.29, 0.717) is 6.54 Å². The molecule has 1 aliphatic rings. The van der Waals surface area contributed by atoms with Crippen LogP contribution in [0.15, 0.2) is 125 Å². The summed E-state index contributed by atoms with van der Waals surface area (Å²) in [6, 6.07) is 17.3. The molecule has 0 unspecified atom stereocenters. The van der Waals surface area contributed by atoms with E-state index in [1.807, 2.05) is 7.05 Å². The Hall–Kier alpha value is -3.85. The van der Waals surface area contributed by atoms with E-state index in [2.05, 4.69) is 155 Å². The number of nitrogens with zero attached hydrogens (tertiary/aromatic N) is 2. The highest BCUT2D eigenvalue weighted by atomic mass is 15.3. The van der Waals surface area contributed by atoms with Gasteiger partial charge in [0.25, 0.3) is 0 Å². The Bertz CT molecular complexity index is 1310. The number of benzene rings is 2. The van der Waals surface area contributed by atoms with Crippen molar-refractivity contribution < 1.29 is 0 Å². The molecule has 0 radical (unpaired) electrons. The summed E-state index contributed by atoms with van der Waals surface area (Å²) in [5, 5.41) is 4.74. The van der Waals surface area contributed by atoms with Crippen LogP contribution in [0.4, 0.5) is 0 Å². The van der Waals surface area contributed by atoms with Gasteiger partial charge < -0.3 is 10.3 Å². The normalized spacial score (nSPS) is 14.9. The lowest BCUT2D eigenvalue weighted by molar-refractivity contribution is 0.440. The van der Waals surface area contributed by atoms with Gasteiger partial charge in [0, 0.05) is 19.3 Å². The van der Waals surface area contributed by atoms with Gasteiger partial charge in [-0.2, -0.15) is 5.10 Å². The fraction of sp³-hybridized carbons (Fsp3) is 0.306. The van der Waals surface area contributed by atoms with Crippen molar-refractivity contribution in [3.63, 3.8) is 0 Å². The van der Waals surface area contributed by atoms with Crippen LogP contribution in [0.3, 0.4) is 0 Å². The average molecular weight is 520 g/mol. The number of rotatable bonds is 10. The predicted octanol–water partition coefficient (Wildman–Crippen LogP) is 9.28. The van der Waals surface area contributed by atoms with Gasteiger partial charge in [0.05, 0.1) is 0 Å². The summed E-state index contributed by atoms with van der Waals surface area (Å²) < 4.78 is 0. The SMILES string of the molecule is C\C=C/C(=C\C=C\C(=N\NC)N(Cc1ccc(-c2ccccc2)cc1C)C1=CCC=CC(C)=C1)C(C)(C)CC. The molecular weight excluding hydrogens is 474 g/mol. The molecule has 2 aromatic carbocycles. The molecule has 1 aliphatic carbocycles. The monoisotopic (exact) mass is 519 g/mol. The minimum atomic E-state index is 0.101. The molecular formula is C36H45N3. The average Bonchev–Trinajstić information content (AvgIpc) is 3.16. The largest absolute Gasteiger partial charge is 0.321 e. The summed E-state index contributed by atoms with van der Waals surface area (Å²) in [6.45, 7) is 14.0.